The molecule has 4 heteroatoms. The summed E-state index contributed by atoms with van der Waals surface area (Å²) in [5, 5.41) is 3.44. The number of ether oxygens (including phenoxy) is 1. The zero-order chi connectivity index (χ0) is 16.8. The lowest BCUT2D eigenvalue weighted by atomic mass is 9.85. The average molecular weight is 318 g/mol. The summed E-state index contributed by atoms with van der Waals surface area (Å²) in [5.41, 5.74) is 2.25. The maximum absolute atomic E-state index is 12.5. The number of nitrogens with one attached hydrogen (secondary N) is 1. The molecule has 0 aliphatic carbocycles. The molecule has 2 rings (SSSR count). The van der Waals surface area contributed by atoms with E-state index in [1.807, 2.05) is 31.0 Å². The van der Waals surface area contributed by atoms with Gasteiger partial charge in [0, 0.05) is 20.0 Å². The Morgan fingerprint density at radius 1 is 1.48 bits per heavy atom. The van der Waals surface area contributed by atoms with Crippen molar-refractivity contribution in [3.63, 3.8) is 0 Å². The number of hydrogen-bond donors (Lipinski definition) is 1. The average Bonchev–Trinajstić information content (AvgIpc) is 2.55. The van der Waals surface area contributed by atoms with E-state index in [4.69, 9.17) is 4.74 Å². The third kappa shape index (κ3) is 4.96. The van der Waals surface area contributed by atoms with Crippen molar-refractivity contribution in [3.8, 4) is 5.75 Å². The Hall–Kier alpha value is -1.55. The highest BCUT2D eigenvalue weighted by Gasteiger charge is 2.23. The number of rotatable bonds is 6. The molecule has 1 heterocycles. The third-order valence-corrected chi connectivity index (χ3v) is 4.94. The smallest absolute Gasteiger partial charge is 0.222 e. The fraction of sp³-hybridized carbons (Fsp3) is 0.632. The highest BCUT2D eigenvalue weighted by Crippen LogP contribution is 2.24. The molecule has 0 aromatic heterocycles. The van der Waals surface area contributed by atoms with Crippen LogP contribution in [0.1, 0.15) is 37.3 Å². The molecule has 4 nitrogen and oxygen atoms in total. The predicted molar refractivity (Wildman–Crippen MR) is 93.6 cm³/mol. The molecule has 1 aliphatic heterocycles. The number of methoxy groups -OCH3 is 1. The molecule has 0 spiro atoms. The van der Waals surface area contributed by atoms with Gasteiger partial charge in [-0.1, -0.05) is 19.1 Å². The first-order valence-corrected chi connectivity index (χ1v) is 8.59. The Balaban J connectivity index is 1.87. The zero-order valence-electron chi connectivity index (χ0n) is 14.9. The molecule has 23 heavy (non-hydrogen) atoms. The van der Waals surface area contributed by atoms with Gasteiger partial charge in [-0.3, -0.25) is 4.79 Å². The van der Waals surface area contributed by atoms with Crippen LogP contribution in [0, 0.1) is 18.8 Å². The van der Waals surface area contributed by atoms with Crippen molar-refractivity contribution in [2.45, 2.75) is 39.7 Å². The number of aryl methyl sites for hydroxylation is 1. The highest BCUT2D eigenvalue weighted by molar-refractivity contribution is 5.76. The number of benzene rings is 1. The summed E-state index contributed by atoms with van der Waals surface area (Å²) >= 11 is 0. The van der Waals surface area contributed by atoms with E-state index in [2.05, 4.69) is 18.3 Å². The third-order valence-electron chi connectivity index (χ3n) is 4.94. The minimum Gasteiger partial charge on any atom is -0.496 e. The number of carbonyl (C=O) groups excluding carboxylic acids is 1. The summed E-state index contributed by atoms with van der Waals surface area (Å²) in [6.45, 7) is 7.06. The van der Waals surface area contributed by atoms with E-state index in [1.54, 1.807) is 7.11 Å². The van der Waals surface area contributed by atoms with E-state index in [0.717, 1.165) is 30.0 Å². The van der Waals surface area contributed by atoms with Gasteiger partial charge >= 0.3 is 0 Å². The second-order valence-electron chi connectivity index (χ2n) is 6.84. The van der Waals surface area contributed by atoms with Crippen LogP contribution in [0.5, 0.6) is 5.75 Å². The number of hydrogen-bond acceptors (Lipinski definition) is 3. The Labute approximate surface area is 140 Å². The van der Waals surface area contributed by atoms with Crippen LogP contribution in [0.25, 0.3) is 0 Å². The van der Waals surface area contributed by atoms with Crippen molar-refractivity contribution in [2.75, 3.05) is 27.2 Å². The van der Waals surface area contributed by atoms with E-state index < -0.39 is 0 Å². The lowest BCUT2D eigenvalue weighted by molar-refractivity contribution is -0.131. The monoisotopic (exact) mass is 318 g/mol. The molecule has 1 saturated heterocycles. The van der Waals surface area contributed by atoms with Gasteiger partial charge in [-0.2, -0.15) is 0 Å². The van der Waals surface area contributed by atoms with E-state index in [1.165, 1.54) is 12.8 Å². The SMILES string of the molecule is COc1ccc(CN(C)C(=O)CC(C)C2CCCNC2)cc1C. The molecule has 1 aromatic carbocycles. The molecular weight excluding hydrogens is 288 g/mol. The minimum absolute atomic E-state index is 0.233. The summed E-state index contributed by atoms with van der Waals surface area (Å²) in [6.07, 6.45) is 3.10. The van der Waals surface area contributed by atoms with E-state index in [9.17, 15) is 4.79 Å². The van der Waals surface area contributed by atoms with Crippen LogP contribution in [0.3, 0.4) is 0 Å². The van der Waals surface area contributed by atoms with Gasteiger partial charge in [0.05, 0.1) is 7.11 Å². The summed E-state index contributed by atoms with van der Waals surface area (Å²) < 4.78 is 5.29. The maximum Gasteiger partial charge on any atom is 0.222 e. The van der Waals surface area contributed by atoms with Crippen LogP contribution in [-0.4, -0.2) is 38.1 Å². The fourth-order valence-corrected chi connectivity index (χ4v) is 3.36. The van der Waals surface area contributed by atoms with Crippen LogP contribution in [0.2, 0.25) is 0 Å². The largest absolute Gasteiger partial charge is 0.496 e. The van der Waals surface area contributed by atoms with E-state index in [0.29, 0.717) is 24.8 Å². The lowest BCUT2D eigenvalue weighted by Gasteiger charge is -2.29. The normalized spacial score (nSPS) is 19.2. The topological polar surface area (TPSA) is 41.6 Å². The van der Waals surface area contributed by atoms with Gasteiger partial charge in [0.1, 0.15) is 5.75 Å². The van der Waals surface area contributed by atoms with Gasteiger partial charge in [0.25, 0.3) is 0 Å². The first kappa shape index (κ1) is 17.8. The molecule has 1 aliphatic rings. The van der Waals surface area contributed by atoms with Crippen molar-refractivity contribution in [3.05, 3.63) is 29.3 Å². The predicted octanol–water partition coefficient (Wildman–Crippen LogP) is 2.99. The number of carbonyl (C=O) groups is 1. The van der Waals surface area contributed by atoms with Gasteiger partial charge in [0.2, 0.25) is 5.91 Å². The summed E-state index contributed by atoms with van der Waals surface area (Å²) in [5.74, 6) is 2.19. The van der Waals surface area contributed by atoms with Crippen LogP contribution >= 0.6 is 0 Å². The quantitative estimate of drug-likeness (QED) is 0.877. The van der Waals surface area contributed by atoms with Crippen LogP contribution in [-0.2, 0) is 11.3 Å². The Morgan fingerprint density at radius 2 is 2.26 bits per heavy atom. The van der Waals surface area contributed by atoms with Gasteiger partial charge in [0.15, 0.2) is 0 Å². The minimum atomic E-state index is 0.233. The fourth-order valence-electron chi connectivity index (χ4n) is 3.36. The van der Waals surface area contributed by atoms with Crippen molar-refractivity contribution in [1.82, 2.24) is 10.2 Å². The molecule has 2 atom stereocenters. The molecule has 2 unspecified atom stereocenters. The molecule has 1 fully saturated rings. The van der Waals surface area contributed by atoms with Crippen molar-refractivity contribution in [1.29, 1.82) is 0 Å². The van der Waals surface area contributed by atoms with Gasteiger partial charge in [-0.25, -0.2) is 0 Å². The first-order chi connectivity index (χ1) is 11.0. The van der Waals surface area contributed by atoms with Gasteiger partial charge in [-0.05, 0) is 61.9 Å². The first-order valence-electron chi connectivity index (χ1n) is 8.59. The molecule has 128 valence electrons. The highest BCUT2D eigenvalue weighted by atomic mass is 16.5. The second-order valence-corrected chi connectivity index (χ2v) is 6.84. The van der Waals surface area contributed by atoms with Crippen molar-refractivity contribution < 1.29 is 9.53 Å². The van der Waals surface area contributed by atoms with Crippen LogP contribution < -0.4 is 10.1 Å². The number of piperidine rings is 1. The molecule has 0 saturated carbocycles. The Morgan fingerprint density at radius 3 is 2.87 bits per heavy atom. The lowest BCUT2D eigenvalue weighted by Crippen LogP contribution is -2.36. The summed E-state index contributed by atoms with van der Waals surface area (Å²) in [7, 11) is 3.58. The van der Waals surface area contributed by atoms with E-state index >= 15 is 0 Å². The summed E-state index contributed by atoms with van der Waals surface area (Å²) in [4.78, 5) is 14.3. The van der Waals surface area contributed by atoms with Gasteiger partial charge in [-0.15, -0.1) is 0 Å². The molecular formula is C19H30N2O2. The molecule has 0 bridgehead atoms. The zero-order valence-corrected chi connectivity index (χ0v) is 14.9. The van der Waals surface area contributed by atoms with Crippen molar-refractivity contribution in [2.24, 2.45) is 11.8 Å². The molecule has 1 amide bonds. The van der Waals surface area contributed by atoms with Crippen LogP contribution in [0.15, 0.2) is 18.2 Å². The van der Waals surface area contributed by atoms with Crippen LogP contribution in [0.4, 0.5) is 0 Å². The number of amides is 1. The summed E-state index contributed by atoms with van der Waals surface area (Å²) in [6, 6.07) is 6.10. The Kier molecular flexibility index (Phi) is 6.46. The molecule has 1 aromatic rings. The van der Waals surface area contributed by atoms with Gasteiger partial charge < -0.3 is 15.0 Å². The second kappa shape index (κ2) is 8.34. The number of nitrogens with zero attached hydrogens (tertiary/aromatic N) is 1. The van der Waals surface area contributed by atoms with E-state index in [-0.39, 0.29) is 5.91 Å². The molecule has 1 N–H and O–H groups in total. The Bertz CT molecular complexity index is 524. The maximum atomic E-state index is 12.5. The standard InChI is InChI=1S/C19H30N2O2/c1-14(17-6-5-9-20-12-17)11-19(22)21(3)13-16-7-8-18(23-4)15(2)10-16/h7-8,10,14,17,20H,5-6,9,11-13H2,1-4H3. The van der Waals surface area contributed by atoms with Crippen molar-refractivity contribution >= 4 is 5.91 Å². The molecule has 0 radical (unpaired) electrons.